The van der Waals surface area contributed by atoms with Crippen molar-refractivity contribution < 1.29 is 33.1 Å². The van der Waals surface area contributed by atoms with Crippen LogP contribution in [-0.2, 0) is 9.16 Å². The van der Waals surface area contributed by atoms with Crippen molar-refractivity contribution in [2.24, 2.45) is 5.41 Å². The van der Waals surface area contributed by atoms with Crippen LogP contribution in [0.4, 0.5) is 15.4 Å². The topological polar surface area (TPSA) is 144 Å². The predicted octanol–water partition coefficient (Wildman–Crippen LogP) is 8.20. The highest BCUT2D eigenvalue weighted by Crippen LogP contribution is 2.45. The molecule has 4 heterocycles. The van der Waals surface area contributed by atoms with Crippen molar-refractivity contribution in [1.29, 1.82) is 0 Å². The number of amides is 2. The van der Waals surface area contributed by atoms with Gasteiger partial charge in [-0.15, -0.1) is 0 Å². The zero-order valence-corrected chi connectivity index (χ0v) is 35.0. The van der Waals surface area contributed by atoms with Crippen molar-refractivity contribution in [3.8, 4) is 28.4 Å². The van der Waals surface area contributed by atoms with E-state index >= 15 is 0 Å². The molecule has 15 heteroatoms. The van der Waals surface area contributed by atoms with Crippen LogP contribution in [0.1, 0.15) is 65.0 Å². The summed E-state index contributed by atoms with van der Waals surface area (Å²) in [6, 6.07) is 5.39. The molecule has 53 heavy (non-hydrogen) atoms. The number of nitrogens with zero attached hydrogens (tertiary/aromatic N) is 6. The second kappa shape index (κ2) is 14.7. The Bertz CT molecular complexity index is 1830. The Labute approximate surface area is 319 Å². The van der Waals surface area contributed by atoms with Gasteiger partial charge in [-0.05, 0) is 84.3 Å². The normalized spacial score (nSPS) is 16.5. The van der Waals surface area contributed by atoms with E-state index in [0.717, 1.165) is 23.4 Å². The Balaban J connectivity index is 1.46. The molecule has 1 spiro atoms. The molecule has 1 aromatic carbocycles. The summed E-state index contributed by atoms with van der Waals surface area (Å²) in [6.07, 6.45) is -0.946. The first kappa shape index (κ1) is 40.3. The first-order valence-electron chi connectivity index (χ1n) is 18.1. The van der Waals surface area contributed by atoms with Gasteiger partial charge in [0.2, 0.25) is 0 Å². The third kappa shape index (κ3) is 8.92. The fourth-order valence-electron chi connectivity index (χ4n) is 6.66. The molecule has 2 aliphatic rings. The highest BCUT2D eigenvalue weighted by Gasteiger charge is 2.50. The second-order valence-corrected chi connectivity index (χ2v) is 22.3. The van der Waals surface area contributed by atoms with Crippen molar-refractivity contribution >= 4 is 37.9 Å². The number of rotatable bonds is 10. The molecule has 2 aliphatic heterocycles. The maximum atomic E-state index is 12.9. The minimum absolute atomic E-state index is 0.0634. The molecule has 1 atom stereocenters. The maximum absolute atomic E-state index is 12.9. The van der Waals surface area contributed by atoms with Gasteiger partial charge in [-0.1, -0.05) is 37.5 Å². The van der Waals surface area contributed by atoms with E-state index < -0.39 is 32.2 Å². The molecular weight excluding hydrogens is 716 g/mol. The fourth-order valence-corrected chi connectivity index (χ4v) is 8.19. The molecule has 0 bridgehead atoms. The smallest absolute Gasteiger partial charge is 0.410 e. The van der Waals surface area contributed by atoms with Crippen molar-refractivity contribution in [3.63, 3.8) is 0 Å². The first-order chi connectivity index (χ1) is 24.5. The molecule has 0 aliphatic carbocycles. The van der Waals surface area contributed by atoms with Crippen LogP contribution in [0.25, 0.3) is 22.6 Å². The van der Waals surface area contributed by atoms with Crippen LogP contribution >= 0.6 is 11.6 Å². The molecule has 2 amide bonds. The molecule has 0 radical (unpaired) electrons. The summed E-state index contributed by atoms with van der Waals surface area (Å²) < 4.78 is 24.4. The molecule has 2 fully saturated rings. The first-order valence-corrected chi connectivity index (χ1v) is 21.4. The van der Waals surface area contributed by atoms with Crippen LogP contribution in [0.15, 0.2) is 22.7 Å². The van der Waals surface area contributed by atoms with Gasteiger partial charge < -0.3 is 38.2 Å². The summed E-state index contributed by atoms with van der Waals surface area (Å²) in [5.74, 6) is 2.34. The Morgan fingerprint density at radius 1 is 1.09 bits per heavy atom. The average Bonchev–Trinajstić information content (AvgIpc) is 3.62. The number of benzene rings is 1. The zero-order chi connectivity index (χ0) is 39.3. The van der Waals surface area contributed by atoms with E-state index in [1.54, 1.807) is 19.2 Å². The molecule has 2 aromatic heterocycles. The Morgan fingerprint density at radius 2 is 1.77 bits per heavy atom. The number of likely N-dealkylation sites (tertiary alicyclic amines) is 1. The van der Waals surface area contributed by atoms with Crippen molar-refractivity contribution in [1.82, 2.24) is 24.9 Å². The standard InChI is InChI=1S/C38H55ClN6O7Si/c1-23-31(30-24(2)42-51-25(30)3)40-32(41-33(23)45-21-38(22-45)15-16-44(20-38)34(46)47)28-17-26(13-14-29(28)39)49-19-27(52-53(11,12)37(7,8)9)18-43(10)35(48)50-36(4,5)6/h13-14,17,27H,15-16,18-22H2,1-12H3,(H,46,47)/t27-/m0/s1. The van der Waals surface area contributed by atoms with Gasteiger partial charge in [-0.2, -0.15) is 0 Å². The maximum Gasteiger partial charge on any atom is 0.410 e. The lowest BCUT2D eigenvalue weighted by molar-refractivity contribution is 0.0172. The molecule has 1 N–H and O–H groups in total. The zero-order valence-electron chi connectivity index (χ0n) is 33.2. The van der Waals surface area contributed by atoms with Crippen molar-refractivity contribution in [2.75, 3.05) is 51.3 Å². The van der Waals surface area contributed by atoms with E-state index in [2.05, 4.69) is 43.9 Å². The molecule has 290 valence electrons. The number of hydrogen-bond donors (Lipinski definition) is 1. The van der Waals surface area contributed by atoms with Crippen LogP contribution < -0.4 is 9.64 Å². The lowest BCUT2D eigenvalue weighted by Crippen LogP contribution is -2.58. The average molecular weight is 771 g/mol. The van der Waals surface area contributed by atoms with Crippen LogP contribution in [0.3, 0.4) is 0 Å². The van der Waals surface area contributed by atoms with Gasteiger partial charge in [0, 0.05) is 49.8 Å². The highest BCUT2D eigenvalue weighted by atomic mass is 35.5. The van der Waals surface area contributed by atoms with E-state index in [1.165, 1.54) is 9.80 Å². The second-order valence-electron chi connectivity index (χ2n) is 17.2. The lowest BCUT2D eigenvalue weighted by Gasteiger charge is -2.49. The number of ether oxygens (including phenoxy) is 2. The number of likely N-dealkylation sites (N-methyl/N-ethyl adjacent to an activating group) is 1. The summed E-state index contributed by atoms with van der Waals surface area (Å²) in [5.41, 5.74) is 2.91. The van der Waals surface area contributed by atoms with Crippen molar-refractivity contribution in [2.45, 2.75) is 98.6 Å². The van der Waals surface area contributed by atoms with Crippen LogP contribution in [-0.4, -0.2) is 109 Å². The van der Waals surface area contributed by atoms with Gasteiger partial charge in [0.15, 0.2) is 14.1 Å². The third-order valence-corrected chi connectivity index (χ3v) is 15.4. The molecule has 5 rings (SSSR count). The number of anilines is 1. The van der Waals surface area contributed by atoms with E-state index in [4.69, 9.17) is 40.0 Å². The van der Waals surface area contributed by atoms with Gasteiger partial charge in [-0.25, -0.2) is 19.6 Å². The van der Waals surface area contributed by atoms with Gasteiger partial charge in [0.25, 0.3) is 0 Å². The Kier molecular flexibility index (Phi) is 11.2. The summed E-state index contributed by atoms with van der Waals surface area (Å²) in [7, 11) is -0.558. The Hall–Kier alpha value is -3.88. The van der Waals surface area contributed by atoms with Gasteiger partial charge in [0.1, 0.15) is 29.5 Å². The largest absolute Gasteiger partial charge is 0.491 e. The number of carbonyl (C=O) groups is 2. The molecular formula is C38H55ClN6O7Si. The van der Waals surface area contributed by atoms with Crippen LogP contribution in [0.2, 0.25) is 23.2 Å². The van der Waals surface area contributed by atoms with Gasteiger partial charge >= 0.3 is 12.2 Å². The summed E-state index contributed by atoms with van der Waals surface area (Å²) in [5, 5.41) is 14.1. The van der Waals surface area contributed by atoms with E-state index in [-0.39, 0.29) is 23.6 Å². The lowest BCUT2D eigenvalue weighted by atomic mass is 9.79. The highest BCUT2D eigenvalue weighted by molar-refractivity contribution is 6.74. The van der Waals surface area contributed by atoms with Crippen molar-refractivity contribution in [3.05, 3.63) is 40.2 Å². The Morgan fingerprint density at radius 3 is 2.34 bits per heavy atom. The van der Waals surface area contributed by atoms with Crippen LogP contribution in [0, 0.1) is 26.2 Å². The number of aromatic nitrogens is 3. The van der Waals surface area contributed by atoms with E-state index in [0.29, 0.717) is 65.5 Å². The number of aryl methyl sites for hydroxylation is 2. The third-order valence-electron chi connectivity index (χ3n) is 10.5. The SMILES string of the molecule is Cc1noc(C)c1-c1nc(-c2cc(OC[C@H](CN(C)C(=O)OC(C)(C)C)O[Si](C)(C)C(C)(C)C)ccc2Cl)nc(N2CC3(CCN(C(=O)O)C3)C2)c1C. The quantitative estimate of drug-likeness (QED) is 0.199. The van der Waals surface area contributed by atoms with E-state index in [9.17, 15) is 14.7 Å². The number of halogens is 1. The molecule has 2 saturated heterocycles. The van der Waals surface area contributed by atoms with Gasteiger partial charge in [0.05, 0.1) is 34.6 Å². The molecule has 13 nitrogen and oxygen atoms in total. The monoisotopic (exact) mass is 770 g/mol. The molecule has 3 aromatic rings. The van der Waals surface area contributed by atoms with Crippen LogP contribution in [0.5, 0.6) is 5.75 Å². The summed E-state index contributed by atoms with van der Waals surface area (Å²) in [4.78, 5) is 39.9. The minimum atomic E-state index is -2.26. The minimum Gasteiger partial charge on any atom is -0.491 e. The van der Waals surface area contributed by atoms with Gasteiger partial charge in [-0.3, -0.25) is 0 Å². The van der Waals surface area contributed by atoms with E-state index in [1.807, 2.05) is 47.6 Å². The number of carbonyl (C=O) groups excluding carboxylic acids is 1. The summed E-state index contributed by atoms with van der Waals surface area (Å²) in [6.45, 7) is 25.0. The summed E-state index contributed by atoms with van der Waals surface area (Å²) >= 11 is 6.87. The number of carboxylic acid groups (broad SMARTS) is 1. The molecule has 0 saturated carbocycles. The fraction of sp³-hybridized carbons (Fsp3) is 0.605. The number of hydrogen-bond acceptors (Lipinski definition) is 10. The molecule has 0 unspecified atom stereocenters. The predicted molar refractivity (Wildman–Crippen MR) is 207 cm³/mol.